The first kappa shape index (κ1) is 17.2. The van der Waals surface area contributed by atoms with Gasteiger partial charge in [0.1, 0.15) is 0 Å². The third kappa shape index (κ3) is 5.22. The predicted molar refractivity (Wildman–Crippen MR) is 87.8 cm³/mol. The van der Waals surface area contributed by atoms with Crippen LogP contribution >= 0.6 is 0 Å². The second-order valence-corrected chi connectivity index (χ2v) is 9.12. The number of rotatable bonds is 6. The Morgan fingerprint density at radius 3 is 2.29 bits per heavy atom. The van der Waals surface area contributed by atoms with Gasteiger partial charge in [-0.05, 0) is 64.5 Å². The van der Waals surface area contributed by atoms with Crippen molar-refractivity contribution in [3.63, 3.8) is 0 Å². The standard InChI is InChI=1S/C16H32N2O2S/c1-14(2)18(12-16-9-6-10-17-11-16)21(19,20)13-15-7-4-3-5-8-15/h14-17H,3-13H2,1-2H3. The zero-order valence-corrected chi connectivity index (χ0v) is 14.5. The fourth-order valence-corrected chi connectivity index (χ4v) is 5.93. The average Bonchev–Trinajstić information content (AvgIpc) is 2.46. The molecule has 0 spiro atoms. The van der Waals surface area contributed by atoms with Crippen LogP contribution in [0.2, 0.25) is 0 Å². The zero-order valence-electron chi connectivity index (χ0n) is 13.7. The third-order valence-corrected chi connectivity index (χ3v) is 7.12. The Balaban J connectivity index is 1.97. The van der Waals surface area contributed by atoms with E-state index in [-0.39, 0.29) is 6.04 Å². The lowest BCUT2D eigenvalue weighted by atomic mass is 9.91. The van der Waals surface area contributed by atoms with Gasteiger partial charge >= 0.3 is 0 Å². The number of nitrogens with one attached hydrogen (secondary N) is 1. The number of piperidine rings is 1. The molecule has 0 bridgehead atoms. The summed E-state index contributed by atoms with van der Waals surface area (Å²) in [5.74, 6) is 1.22. The van der Waals surface area contributed by atoms with E-state index in [0.717, 1.165) is 32.4 Å². The Hall–Kier alpha value is -0.130. The Kier molecular flexibility index (Phi) is 6.51. The molecule has 0 aromatic rings. The van der Waals surface area contributed by atoms with Crippen molar-refractivity contribution < 1.29 is 8.42 Å². The van der Waals surface area contributed by atoms with Crippen LogP contribution in [0.25, 0.3) is 0 Å². The lowest BCUT2D eigenvalue weighted by molar-refractivity contribution is 0.261. The highest BCUT2D eigenvalue weighted by Crippen LogP contribution is 2.27. The minimum Gasteiger partial charge on any atom is -0.316 e. The fourth-order valence-electron chi connectivity index (χ4n) is 3.73. The van der Waals surface area contributed by atoms with Crippen molar-refractivity contribution in [2.45, 2.75) is 64.8 Å². The van der Waals surface area contributed by atoms with Gasteiger partial charge in [0.2, 0.25) is 10.0 Å². The Bertz CT molecular complexity index is 397. The Labute approximate surface area is 130 Å². The van der Waals surface area contributed by atoms with Crippen LogP contribution in [0.3, 0.4) is 0 Å². The van der Waals surface area contributed by atoms with Gasteiger partial charge in [0.15, 0.2) is 0 Å². The maximum atomic E-state index is 12.8. The second-order valence-electron chi connectivity index (χ2n) is 7.16. The minimum absolute atomic E-state index is 0.0699. The number of hydrogen-bond acceptors (Lipinski definition) is 3. The molecule has 4 nitrogen and oxygen atoms in total. The molecule has 0 aromatic heterocycles. The predicted octanol–water partition coefficient (Wildman–Crippen LogP) is 2.61. The maximum absolute atomic E-state index is 12.8. The van der Waals surface area contributed by atoms with Crippen LogP contribution in [-0.2, 0) is 10.0 Å². The van der Waals surface area contributed by atoms with E-state index in [1.165, 1.54) is 25.7 Å². The summed E-state index contributed by atoms with van der Waals surface area (Å²) in [6.45, 7) is 6.75. The van der Waals surface area contributed by atoms with E-state index in [1.54, 1.807) is 4.31 Å². The average molecular weight is 317 g/mol. The summed E-state index contributed by atoms with van der Waals surface area (Å²) in [5, 5.41) is 3.39. The van der Waals surface area contributed by atoms with Crippen molar-refractivity contribution in [3.05, 3.63) is 0 Å². The van der Waals surface area contributed by atoms with Crippen molar-refractivity contribution in [1.29, 1.82) is 0 Å². The summed E-state index contributed by atoms with van der Waals surface area (Å²) < 4.78 is 27.4. The summed E-state index contributed by atoms with van der Waals surface area (Å²) in [6, 6.07) is 0.0699. The van der Waals surface area contributed by atoms with Gasteiger partial charge in [0.05, 0.1) is 5.75 Å². The minimum atomic E-state index is -3.12. The lowest BCUT2D eigenvalue weighted by Gasteiger charge is -2.33. The largest absolute Gasteiger partial charge is 0.316 e. The molecule has 1 heterocycles. The second kappa shape index (κ2) is 7.93. The van der Waals surface area contributed by atoms with Gasteiger partial charge < -0.3 is 5.32 Å². The number of nitrogens with zero attached hydrogens (tertiary/aromatic N) is 1. The van der Waals surface area contributed by atoms with Gasteiger partial charge in [-0.25, -0.2) is 8.42 Å². The molecule has 1 aliphatic heterocycles. The summed E-state index contributed by atoms with van der Waals surface area (Å²) in [4.78, 5) is 0. The highest BCUT2D eigenvalue weighted by Gasteiger charge is 2.31. The molecule has 1 aliphatic carbocycles. The normalized spacial score (nSPS) is 25.6. The summed E-state index contributed by atoms with van der Waals surface area (Å²) in [5.41, 5.74) is 0. The molecule has 0 radical (unpaired) electrons. The molecule has 1 N–H and O–H groups in total. The highest BCUT2D eigenvalue weighted by atomic mass is 32.2. The van der Waals surface area contributed by atoms with Crippen molar-refractivity contribution in [2.75, 3.05) is 25.4 Å². The molecule has 1 saturated heterocycles. The smallest absolute Gasteiger partial charge is 0.214 e. The van der Waals surface area contributed by atoms with Crippen LogP contribution in [0, 0.1) is 11.8 Å². The fraction of sp³-hybridized carbons (Fsp3) is 1.00. The van der Waals surface area contributed by atoms with Gasteiger partial charge in [-0.15, -0.1) is 0 Å². The van der Waals surface area contributed by atoms with Crippen molar-refractivity contribution in [2.24, 2.45) is 11.8 Å². The molecular formula is C16H32N2O2S. The molecule has 124 valence electrons. The van der Waals surface area contributed by atoms with Crippen LogP contribution in [0.4, 0.5) is 0 Å². The monoisotopic (exact) mass is 316 g/mol. The van der Waals surface area contributed by atoms with Gasteiger partial charge in [0, 0.05) is 12.6 Å². The van der Waals surface area contributed by atoms with Crippen LogP contribution in [-0.4, -0.2) is 44.2 Å². The van der Waals surface area contributed by atoms with Crippen molar-refractivity contribution in [3.8, 4) is 0 Å². The number of hydrogen-bond donors (Lipinski definition) is 1. The lowest BCUT2D eigenvalue weighted by Crippen LogP contribution is -2.45. The molecule has 1 saturated carbocycles. The zero-order chi connectivity index (χ0) is 15.3. The molecule has 2 rings (SSSR count). The van der Waals surface area contributed by atoms with E-state index < -0.39 is 10.0 Å². The van der Waals surface area contributed by atoms with Crippen molar-refractivity contribution in [1.82, 2.24) is 9.62 Å². The molecule has 5 heteroatoms. The maximum Gasteiger partial charge on any atom is 0.214 e. The van der Waals surface area contributed by atoms with E-state index in [2.05, 4.69) is 5.32 Å². The topological polar surface area (TPSA) is 49.4 Å². The van der Waals surface area contributed by atoms with E-state index in [0.29, 0.717) is 24.1 Å². The van der Waals surface area contributed by atoms with E-state index in [4.69, 9.17) is 0 Å². The number of sulfonamides is 1. The third-order valence-electron chi connectivity index (χ3n) is 4.94. The molecule has 21 heavy (non-hydrogen) atoms. The molecule has 0 aromatic carbocycles. The molecule has 0 amide bonds. The first-order valence-corrected chi connectivity index (χ1v) is 10.3. The quantitative estimate of drug-likeness (QED) is 0.819. The van der Waals surface area contributed by atoms with Crippen LogP contribution in [0.15, 0.2) is 0 Å². The van der Waals surface area contributed by atoms with E-state index in [1.807, 2.05) is 13.8 Å². The van der Waals surface area contributed by atoms with Crippen LogP contribution in [0.5, 0.6) is 0 Å². The van der Waals surface area contributed by atoms with E-state index >= 15 is 0 Å². The highest BCUT2D eigenvalue weighted by molar-refractivity contribution is 7.89. The van der Waals surface area contributed by atoms with Gasteiger partial charge in [0.25, 0.3) is 0 Å². The molecule has 1 unspecified atom stereocenters. The first-order chi connectivity index (χ1) is 9.99. The molecule has 1 atom stereocenters. The Morgan fingerprint density at radius 1 is 1.05 bits per heavy atom. The van der Waals surface area contributed by atoms with Crippen LogP contribution < -0.4 is 5.32 Å². The first-order valence-electron chi connectivity index (χ1n) is 8.69. The summed E-state index contributed by atoms with van der Waals surface area (Å²) >= 11 is 0. The SMILES string of the molecule is CC(C)N(CC1CCCNC1)S(=O)(=O)CC1CCCCC1. The van der Waals surface area contributed by atoms with Gasteiger partial charge in [-0.2, -0.15) is 4.31 Å². The van der Waals surface area contributed by atoms with Crippen LogP contribution in [0.1, 0.15) is 58.8 Å². The molecule has 2 fully saturated rings. The Morgan fingerprint density at radius 2 is 1.71 bits per heavy atom. The van der Waals surface area contributed by atoms with Gasteiger partial charge in [-0.1, -0.05) is 19.3 Å². The van der Waals surface area contributed by atoms with Crippen molar-refractivity contribution >= 4 is 10.0 Å². The van der Waals surface area contributed by atoms with Gasteiger partial charge in [-0.3, -0.25) is 0 Å². The summed E-state index contributed by atoms with van der Waals surface area (Å²) in [6.07, 6.45) is 8.18. The van der Waals surface area contributed by atoms with E-state index in [9.17, 15) is 8.42 Å². The summed E-state index contributed by atoms with van der Waals surface area (Å²) in [7, 11) is -3.12. The molecular weight excluding hydrogens is 284 g/mol. The molecule has 2 aliphatic rings.